The van der Waals surface area contributed by atoms with Crippen LogP contribution in [0, 0.1) is 13.8 Å². The molecule has 0 saturated carbocycles. The molecule has 0 saturated heterocycles. The summed E-state index contributed by atoms with van der Waals surface area (Å²) in [4.78, 5) is 16.0. The molecule has 1 aromatic rings. The number of nitrogens with one attached hydrogen (secondary N) is 2. The van der Waals surface area contributed by atoms with Crippen molar-refractivity contribution in [3.63, 3.8) is 0 Å². The number of benzene rings is 1. The molecule has 0 bridgehead atoms. The number of aryl methyl sites for hydroxylation is 2. The van der Waals surface area contributed by atoms with Crippen LogP contribution in [0.2, 0.25) is 0 Å². The molecule has 1 heterocycles. The van der Waals surface area contributed by atoms with Gasteiger partial charge in [0.15, 0.2) is 5.17 Å². The predicted molar refractivity (Wildman–Crippen MR) is 77.3 cm³/mol. The van der Waals surface area contributed by atoms with Crippen molar-refractivity contribution >= 4 is 28.5 Å². The lowest BCUT2D eigenvalue weighted by atomic mass is 10.1. The Balaban J connectivity index is 1.86. The number of rotatable bonds is 3. The number of amides is 1. The Morgan fingerprint density at radius 1 is 1.50 bits per heavy atom. The minimum absolute atomic E-state index is 0.00310. The highest BCUT2D eigenvalue weighted by atomic mass is 32.2. The van der Waals surface area contributed by atoms with Crippen molar-refractivity contribution < 1.29 is 4.79 Å². The maximum absolute atomic E-state index is 11.8. The summed E-state index contributed by atoms with van der Waals surface area (Å²) in [5.41, 5.74) is 3.17. The van der Waals surface area contributed by atoms with Gasteiger partial charge in [0, 0.05) is 12.2 Å². The van der Waals surface area contributed by atoms with Crippen molar-refractivity contribution in [2.45, 2.75) is 13.8 Å². The van der Waals surface area contributed by atoms with Crippen LogP contribution in [0.15, 0.2) is 23.2 Å². The molecule has 96 valence electrons. The highest BCUT2D eigenvalue weighted by molar-refractivity contribution is 8.14. The Kier molecular flexibility index (Phi) is 4.25. The molecule has 1 aromatic carbocycles. The molecule has 18 heavy (non-hydrogen) atoms. The second-order valence-corrected chi connectivity index (χ2v) is 5.23. The molecule has 0 aliphatic carbocycles. The number of carbonyl (C=O) groups excluding carboxylic acids is 1. The smallest absolute Gasteiger partial charge is 0.234 e. The third-order valence-electron chi connectivity index (χ3n) is 2.64. The normalized spacial score (nSPS) is 14.0. The molecule has 1 amide bonds. The summed E-state index contributed by atoms with van der Waals surface area (Å²) in [5, 5.41) is 6.91. The summed E-state index contributed by atoms with van der Waals surface area (Å²) in [5.74, 6) is 0.391. The SMILES string of the molecule is Cc1ccc(NC(=O)CSC2=NCCN2)c(C)c1. The maximum atomic E-state index is 11.8. The summed E-state index contributed by atoms with van der Waals surface area (Å²) in [7, 11) is 0. The van der Waals surface area contributed by atoms with Gasteiger partial charge in [0.2, 0.25) is 5.91 Å². The van der Waals surface area contributed by atoms with Gasteiger partial charge in [-0.15, -0.1) is 0 Å². The maximum Gasteiger partial charge on any atom is 0.234 e. The van der Waals surface area contributed by atoms with E-state index in [9.17, 15) is 4.79 Å². The Morgan fingerprint density at radius 2 is 2.33 bits per heavy atom. The zero-order valence-electron chi connectivity index (χ0n) is 10.6. The van der Waals surface area contributed by atoms with Crippen LogP contribution >= 0.6 is 11.8 Å². The van der Waals surface area contributed by atoms with E-state index >= 15 is 0 Å². The standard InChI is InChI=1S/C13H17N3OS/c1-9-3-4-11(10(2)7-9)16-12(17)8-18-13-14-5-6-15-13/h3-4,7H,5-6,8H2,1-2H3,(H,14,15)(H,16,17). The van der Waals surface area contributed by atoms with Crippen LogP contribution in [-0.4, -0.2) is 29.9 Å². The fourth-order valence-electron chi connectivity index (χ4n) is 1.75. The van der Waals surface area contributed by atoms with E-state index in [0.717, 1.165) is 29.5 Å². The Labute approximate surface area is 111 Å². The predicted octanol–water partition coefficient (Wildman–Crippen LogP) is 1.93. The molecule has 0 unspecified atom stereocenters. The van der Waals surface area contributed by atoms with Crippen molar-refractivity contribution in [2.24, 2.45) is 4.99 Å². The van der Waals surface area contributed by atoms with Crippen LogP contribution < -0.4 is 10.6 Å². The zero-order chi connectivity index (χ0) is 13.0. The molecule has 1 aliphatic heterocycles. The summed E-state index contributed by atoms with van der Waals surface area (Å²) in [6.45, 7) is 5.72. The van der Waals surface area contributed by atoms with Crippen LogP contribution in [0.4, 0.5) is 5.69 Å². The number of hydrogen-bond donors (Lipinski definition) is 2. The highest BCUT2D eigenvalue weighted by Crippen LogP contribution is 2.16. The number of thioether (sulfide) groups is 1. The van der Waals surface area contributed by atoms with Crippen LogP contribution in [0.3, 0.4) is 0 Å². The third-order valence-corrected chi connectivity index (χ3v) is 3.59. The van der Waals surface area contributed by atoms with Gasteiger partial charge in [-0.25, -0.2) is 0 Å². The summed E-state index contributed by atoms with van der Waals surface area (Å²) in [6.07, 6.45) is 0. The lowest BCUT2D eigenvalue weighted by molar-refractivity contribution is -0.113. The second-order valence-electron chi connectivity index (χ2n) is 4.27. The van der Waals surface area contributed by atoms with E-state index in [1.54, 1.807) is 0 Å². The number of anilines is 1. The monoisotopic (exact) mass is 263 g/mol. The summed E-state index contributed by atoms with van der Waals surface area (Å²) < 4.78 is 0. The van der Waals surface area contributed by atoms with Crippen LogP contribution in [0.5, 0.6) is 0 Å². The zero-order valence-corrected chi connectivity index (χ0v) is 11.4. The first-order valence-electron chi connectivity index (χ1n) is 5.93. The first kappa shape index (κ1) is 13.0. The van der Waals surface area contributed by atoms with Crippen LogP contribution in [0.25, 0.3) is 0 Å². The number of hydrogen-bond acceptors (Lipinski definition) is 4. The van der Waals surface area contributed by atoms with E-state index in [2.05, 4.69) is 21.7 Å². The van der Waals surface area contributed by atoms with E-state index in [1.165, 1.54) is 17.3 Å². The van der Waals surface area contributed by atoms with Gasteiger partial charge in [0.25, 0.3) is 0 Å². The van der Waals surface area contributed by atoms with Gasteiger partial charge >= 0.3 is 0 Å². The van der Waals surface area contributed by atoms with Gasteiger partial charge < -0.3 is 10.6 Å². The molecule has 1 aliphatic rings. The van der Waals surface area contributed by atoms with Crippen molar-refractivity contribution in [1.29, 1.82) is 0 Å². The fourth-order valence-corrected chi connectivity index (χ4v) is 2.47. The average Bonchev–Trinajstić information content (AvgIpc) is 2.83. The average molecular weight is 263 g/mol. The number of nitrogens with zero attached hydrogens (tertiary/aromatic N) is 1. The second kappa shape index (κ2) is 5.91. The number of aliphatic imine (C=N–C) groups is 1. The van der Waals surface area contributed by atoms with Gasteiger partial charge in [-0.05, 0) is 25.5 Å². The van der Waals surface area contributed by atoms with Gasteiger partial charge in [-0.2, -0.15) is 0 Å². The molecule has 0 aromatic heterocycles. The lowest BCUT2D eigenvalue weighted by Crippen LogP contribution is -2.20. The topological polar surface area (TPSA) is 53.5 Å². The van der Waals surface area contributed by atoms with Gasteiger partial charge in [0.1, 0.15) is 0 Å². The van der Waals surface area contributed by atoms with E-state index in [1.807, 2.05) is 26.0 Å². The largest absolute Gasteiger partial charge is 0.363 e. The minimum Gasteiger partial charge on any atom is -0.363 e. The fraction of sp³-hybridized carbons (Fsp3) is 0.385. The quantitative estimate of drug-likeness (QED) is 0.876. The number of amidine groups is 1. The minimum atomic E-state index is 0.00310. The van der Waals surface area contributed by atoms with E-state index < -0.39 is 0 Å². The summed E-state index contributed by atoms with van der Waals surface area (Å²) in [6, 6.07) is 6.00. The van der Waals surface area contributed by atoms with Crippen molar-refractivity contribution in [2.75, 3.05) is 24.2 Å². The Bertz CT molecular complexity index is 485. The molecule has 0 fully saturated rings. The third kappa shape index (κ3) is 3.50. The summed E-state index contributed by atoms with van der Waals surface area (Å²) >= 11 is 1.45. The van der Waals surface area contributed by atoms with Crippen LogP contribution in [0.1, 0.15) is 11.1 Å². The van der Waals surface area contributed by atoms with Gasteiger partial charge in [-0.3, -0.25) is 9.79 Å². The lowest BCUT2D eigenvalue weighted by Gasteiger charge is -2.09. The van der Waals surface area contributed by atoms with Gasteiger partial charge in [0.05, 0.1) is 12.3 Å². The van der Waals surface area contributed by atoms with Gasteiger partial charge in [-0.1, -0.05) is 29.5 Å². The molecule has 4 nitrogen and oxygen atoms in total. The molecular weight excluding hydrogens is 246 g/mol. The number of carbonyl (C=O) groups is 1. The molecule has 2 N–H and O–H groups in total. The van der Waals surface area contributed by atoms with Crippen LogP contribution in [-0.2, 0) is 4.79 Å². The molecule has 0 radical (unpaired) electrons. The van der Waals surface area contributed by atoms with Crippen molar-refractivity contribution in [3.05, 3.63) is 29.3 Å². The highest BCUT2D eigenvalue weighted by Gasteiger charge is 2.10. The Hall–Kier alpha value is -1.49. The van der Waals surface area contributed by atoms with E-state index in [-0.39, 0.29) is 5.91 Å². The molecular formula is C13H17N3OS. The molecule has 0 spiro atoms. The van der Waals surface area contributed by atoms with Crippen molar-refractivity contribution in [3.8, 4) is 0 Å². The van der Waals surface area contributed by atoms with E-state index in [4.69, 9.17) is 0 Å². The Morgan fingerprint density at radius 3 is 3.00 bits per heavy atom. The molecule has 5 heteroatoms. The molecule has 2 rings (SSSR count). The first-order chi connectivity index (χ1) is 8.65. The molecule has 0 atom stereocenters. The van der Waals surface area contributed by atoms with Crippen molar-refractivity contribution in [1.82, 2.24) is 5.32 Å². The first-order valence-corrected chi connectivity index (χ1v) is 6.92. The van der Waals surface area contributed by atoms with E-state index in [0.29, 0.717) is 5.75 Å².